The van der Waals surface area contributed by atoms with Gasteiger partial charge >= 0.3 is 0 Å². The van der Waals surface area contributed by atoms with Crippen LogP contribution in [0.5, 0.6) is 0 Å². The van der Waals surface area contributed by atoms with Crippen LogP contribution in [0.4, 0.5) is 0 Å². The van der Waals surface area contributed by atoms with Crippen LogP contribution in [0.1, 0.15) is 47.4 Å². The molecule has 0 saturated carbocycles. The predicted octanol–water partition coefficient (Wildman–Crippen LogP) is 4.18. The third kappa shape index (κ3) is 3.72. The molecule has 5 heteroatoms. The van der Waals surface area contributed by atoms with Gasteiger partial charge in [0, 0.05) is 48.5 Å². The molecule has 1 aromatic heterocycles. The van der Waals surface area contributed by atoms with Crippen molar-refractivity contribution in [3.63, 3.8) is 0 Å². The maximum atomic E-state index is 12.1. The fourth-order valence-corrected chi connectivity index (χ4v) is 4.95. The number of fused-ring (bicyclic) bond motifs is 4. The Kier molecular flexibility index (Phi) is 5.59. The summed E-state index contributed by atoms with van der Waals surface area (Å²) in [6.07, 6.45) is 11.6. The smallest absolute Gasteiger partial charge is 0.251 e. The monoisotopic (exact) mass is 413 g/mol. The number of rotatable bonds is 4. The molecule has 2 bridgehead atoms. The second kappa shape index (κ2) is 8.34. The van der Waals surface area contributed by atoms with E-state index in [4.69, 9.17) is 4.99 Å². The van der Waals surface area contributed by atoms with Crippen molar-refractivity contribution in [3.05, 3.63) is 98.5 Å². The number of carbonyl (C=O) groups is 1. The second-order valence-electron chi connectivity index (χ2n) is 8.12. The van der Waals surface area contributed by atoms with Crippen molar-refractivity contribution in [3.8, 4) is 0 Å². The molecule has 5 nitrogen and oxygen atoms in total. The molecule has 0 fully saturated rings. The van der Waals surface area contributed by atoms with Crippen LogP contribution in [-0.4, -0.2) is 24.2 Å². The summed E-state index contributed by atoms with van der Waals surface area (Å²) < 4.78 is 0. The van der Waals surface area contributed by atoms with E-state index >= 15 is 0 Å². The summed E-state index contributed by atoms with van der Waals surface area (Å²) in [5.41, 5.74) is 5.48. The van der Waals surface area contributed by atoms with Gasteiger partial charge in [-0.1, -0.05) is 42.0 Å². The molecule has 0 saturated heterocycles. The Balaban J connectivity index is 1.75. The molecule has 2 aliphatic carbocycles. The highest BCUT2D eigenvalue weighted by Crippen LogP contribution is 2.51. The summed E-state index contributed by atoms with van der Waals surface area (Å²) in [6, 6.07) is 11.0. The summed E-state index contributed by atoms with van der Waals surface area (Å²) in [6.45, 7) is 4.21. The number of nitrogens with one attached hydrogen (secondary N) is 2. The lowest BCUT2D eigenvalue weighted by Gasteiger charge is -2.45. The van der Waals surface area contributed by atoms with Gasteiger partial charge in [0.1, 0.15) is 5.54 Å². The van der Waals surface area contributed by atoms with E-state index in [1.54, 1.807) is 19.2 Å². The lowest BCUT2D eigenvalue weighted by atomic mass is 9.63. The molecule has 2 aromatic rings. The van der Waals surface area contributed by atoms with Crippen LogP contribution in [0.2, 0.25) is 0 Å². The number of hydrogen-bond donors (Lipinski definition) is 2. The number of hydrogen-bond acceptors (Lipinski definition) is 3. The SMILES string of the molecule is C/C=C1\[C@H]2C=C(C)C[C@]1(N=C/C=C/c1ccccc1C(=O)NC)c1ccc(=O)[nH]c1C2. The lowest BCUT2D eigenvalue weighted by Crippen LogP contribution is -2.40. The molecule has 0 aliphatic heterocycles. The molecule has 2 atom stereocenters. The molecule has 2 N–H and O–H groups in total. The molecule has 1 heterocycles. The fraction of sp³-hybridized carbons (Fsp3) is 0.269. The van der Waals surface area contributed by atoms with Crippen molar-refractivity contribution in [2.24, 2.45) is 10.9 Å². The van der Waals surface area contributed by atoms with E-state index in [1.165, 1.54) is 11.1 Å². The minimum Gasteiger partial charge on any atom is -0.355 e. The van der Waals surface area contributed by atoms with E-state index in [2.05, 4.69) is 36.3 Å². The lowest BCUT2D eigenvalue weighted by molar-refractivity contribution is 0.0963. The fourth-order valence-electron chi connectivity index (χ4n) is 4.95. The first kappa shape index (κ1) is 20.8. The highest BCUT2D eigenvalue weighted by atomic mass is 16.1. The Bertz CT molecular complexity index is 1200. The summed E-state index contributed by atoms with van der Waals surface area (Å²) in [7, 11) is 1.63. The van der Waals surface area contributed by atoms with Crippen LogP contribution in [0, 0.1) is 5.92 Å². The van der Waals surface area contributed by atoms with Crippen molar-refractivity contribution in [2.45, 2.75) is 32.2 Å². The van der Waals surface area contributed by atoms with Crippen molar-refractivity contribution in [1.82, 2.24) is 10.3 Å². The number of allylic oxidation sites excluding steroid dienone is 3. The van der Waals surface area contributed by atoms with Crippen LogP contribution in [0.15, 0.2) is 75.6 Å². The van der Waals surface area contributed by atoms with E-state index in [0.717, 1.165) is 29.7 Å². The topological polar surface area (TPSA) is 74.3 Å². The van der Waals surface area contributed by atoms with Gasteiger partial charge in [0.15, 0.2) is 0 Å². The Morgan fingerprint density at radius 1 is 1.26 bits per heavy atom. The Labute approximate surface area is 182 Å². The number of H-pyrrole nitrogens is 1. The zero-order valence-electron chi connectivity index (χ0n) is 18.1. The molecule has 1 aromatic carbocycles. The number of pyridine rings is 1. The molecule has 0 spiro atoms. The van der Waals surface area contributed by atoms with E-state index < -0.39 is 5.54 Å². The van der Waals surface area contributed by atoms with Crippen LogP contribution < -0.4 is 10.9 Å². The van der Waals surface area contributed by atoms with Crippen LogP contribution >= 0.6 is 0 Å². The van der Waals surface area contributed by atoms with Gasteiger partial charge in [-0.3, -0.25) is 14.6 Å². The van der Waals surface area contributed by atoms with Gasteiger partial charge in [0.25, 0.3) is 5.91 Å². The first-order valence-electron chi connectivity index (χ1n) is 10.6. The number of aromatic amines is 1. The van der Waals surface area contributed by atoms with Crippen molar-refractivity contribution in [1.29, 1.82) is 0 Å². The van der Waals surface area contributed by atoms with E-state index in [-0.39, 0.29) is 17.4 Å². The van der Waals surface area contributed by atoms with E-state index in [9.17, 15) is 9.59 Å². The third-order valence-electron chi connectivity index (χ3n) is 6.17. The van der Waals surface area contributed by atoms with Crippen molar-refractivity contribution >= 4 is 18.2 Å². The van der Waals surface area contributed by atoms with E-state index in [1.807, 2.05) is 42.6 Å². The maximum Gasteiger partial charge on any atom is 0.251 e. The summed E-state index contributed by atoms with van der Waals surface area (Å²) in [5.74, 6) is 0.118. The zero-order valence-corrected chi connectivity index (χ0v) is 18.1. The average molecular weight is 414 g/mol. The Morgan fingerprint density at radius 3 is 2.84 bits per heavy atom. The Hall–Kier alpha value is -3.47. The van der Waals surface area contributed by atoms with Crippen LogP contribution in [0.25, 0.3) is 6.08 Å². The molecule has 4 rings (SSSR count). The quantitative estimate of drug-likeness (QED) is 0.583. The van der Waals surface area contributed by atoms with Gasteiger partial charge < -0.3 is 10.3 Å². The molecule has 2 aliphatic rings. The molecule has 1 amide bonds. The average Bonchev–Trinajstić information content (AvgIpc) is 2.75. The van der Waals surface area contributed by atoms with Crippen LogP contribution in [-0.2, 0) is 12.0 Å². The number of nitrogens with zero attached hydrogens (tertiary/aromatic N) is 1. The molecular formula is C26H27N3O2. The number of aliphatic imine (C=N–C) groups is 1. The first-order valence-corrected chi connectivity index (χ1v) is 10.6. The maximum absolute atomic E-state index is 12.1. The van der Waals surface area contributed by atoms with Gasteiger partial charge in [-0.25, -0.2) is 0 Å². The molecule has 31 heavy (non-hydrogen) atoms. The second-order valence-corrected chi connectivity index (χ2v) is 8.12. The summed E-state index contributed by atoms with van der Waals surface area (Å²) in [5, 5.41) is 2.68. The van der Waals surface area contributed by atoms with E-state index in [0.29, 0.717) is 5.56 Å². The third-order valence-corrected chi connectivity index (χ3v) is 6.17. The number of carbonyl (C=O) groups excluding carboxylic acids is 1. The van der Waals surface area contributed by atoms with Gasteiger partial charge in [0.05, 0.1) is 0 Å². The standard InChI is InChI=1S/C26H27N3O2/c1-4-21-19-14-17(2)16-26(21,22-11-12-24(30)29-23(22)15-19)28-13-7-9-18-8-5-6-10-20(18)25(31)27-3/h4-14,19H,15-16H2,1-3H3,(H,27,31)(H,29,30)/b9-7+,21-4+,28-13?/t19-,26+/m0/s1. The predicted molar refractivity (Wildman–Crippen MR) is 125 cm³/mol. The Morgan fingerprint density at radius 2 is 2.06 bits per heavy atom. The number of benzene rings is 1. The largest absolute Gasteiger partial charge is 0.355 e. The molecule has 158 valence electrons. The normalized spacial score (nSPS) is 23.8. The first-order chi connectivity index (χ1) is 15.0. The van der Waals surface area contributed by atoms with Crippen molar-refractivity contribution in [2.75, 3.05) is 7.05 Å². The molecular weight excluding hydrogens is 386 g/mol. The van der Waals surface area contributed by atoms with Crippen molar-refractivity contribution < 1.29 is 4.79 Å². The highest BCUT2D eigenvalue weighted by Gasteiger charge is 2.46. The molecule has 0 unspecified atom stereocenters. The minimum atomic E-state index is -0.513. The number of aromatic nitrogens is 1. The van der Waals surface area contributed by atoms with Gasteiger partial charge in [-0.05, 0) is 49.6 Å². The highest BCUT2D eigenvalue weighted by molar-refractivity contribution is 5.98. The van der Waals surface area contributed by atoms with Gasteiger partial charge in [-0.15, -0.1) is 0 Å². The van der Waals surface area contributed by atoms with Crippen LogP contribution in [0.3, 0.4) is 0 Å². The zero-order chi connectivity index (χ0) is 22.0. The summed E-state index contributed by atoms with van der Waals surface area (Å²) >= 11 is 0. The minimum absolute atomic E-state index is 0.0775. The van der Waals surface area contributed by atoms with Gasteiger partial charge in [0.2, 0.25) is 5.56 Å². The number of amides is 1. The van der Waals surface area contributed by atoms with Gasteiger partial charge in [-0.2, -0.15) is 0 Å². The summed E-state index contributed by atoms with van der Waals surface area (Å²) in [4.78, 5) is 32.2. The molecule has 0 radical (unpaired) electrons.